The standard InChI is InChI=1S/C16H22N4O3S2.2ClH/c1-16(2,3)14-13(24-10-18-14)15(21)20-11-5-4-6-12(9-11)25(22,23)19-8-7-17;;/h4-6,9-10,19H,7-8,17H2,1-3H3,(H,20,21);2*1H. The van der Waals surface area contributed by atoms with Crippen molar-refractivity contribution in [1.82, 2.24) is 9.71 Å². The highest BCUT2D eigenvalue weighted by Gasteiger charge is 2.25. The van der Waals surface area contributed by atoms with Crippen LogP contribution in [-0.2, 0) is 15.4 Å². The van der Waals surface area contributed by atoms with E-state index < -0.39 is 10.0 Å². The minimum atomic E-state index is -3.66. The fourth-order valence-corrected chi connectivity index (χ4v) is 4.13. The van der Waals surface area contributed by atoms with Crippen molar-refractivity contribution < 1.29 is 13.2 Å². The van der Waals surface area contributed by atoms with Crippen molar-refractivity contribution in [1.29, 1.82) is 0 Å². The first-order valence-corrected chi connectivity index (χ1v) is 10.1. The molecule has 7 nitrogen and oxygen atoms in total. The van der Waals surface area contributed by atoms with E-state index >= 15 is 0 Å². The lowest BCUT2D eigenvalue weighted by atomic mass is 9.91. The van der Waals surface area contributed by atoms with Crippen molar-refractivity contribution in [2.75, 3.05) is 18.4 Å². The fourth-order valence-electron chi connectivity index (χ4n) is 2.15. The second-order valence-corrected chi connectivity index (χ2v) is 9.07. The average molecular weight is 455 g/mol. The zero-order chi connectivity index (χ0) is 18.7. The molecule has 0 atom stereocenters. The molecule has 0 aliphatic carbocycles. The fraction of sp³-hybridized carbons (Fsp3) is 0.375. The number of carbonyl (C=O) groups is 1. The summed E-state index contributed by atoms with van der Waals surface area (Å²) in [7, 11) is -3.66. The molecule has 0 unspecified atom stereocenters. The van der Waals surface area contributed by atoms with Gasteiger partial charge in [-0.05, 0) is 18.2 Å². The smallest absolute Gasteiger partial charge is 0.267 e. The lowest BCUT2D eigenvalue weighted by Gasteiger charge is -2.17. The average Bonchev–Trinajstić information content (AvgIpc) is 3.03. The maximum Gasteiger partial charge on any atom is 0.267 e. The number of rotatable bonds is 6. The first-order chi connectivity index (χ1) is 11.6. The summed E-state index contributed by atoms with van der Waals surface area (Å²) >= 11 is 1.26. The van der Waals surface area contributed by atoms with Gasteiger partial charge in [0, 0.05) is 24.2 Å². The highest BCUT2D eigenvalue weighted by Crippen LogP contribution is 2.28. The monoisotopic (exact) mass is 454 g/mol. The summed E-state index contributed by atoms with van der Waals surface area (Å²) in [5.41, 5.74) is 7.80. The van der Waals surface area contributed by atoms with E-state index in [0.717, 1.165) is 0 Å². The third kappa shape index (κ3) is 6.70. The van der Waals surface area contributed by atoms with Crippen LogP contribution in [-0.4, -0.2) is 32.4 Å². The molecular formula is C16H24Cl2N4O3S2. The highest BCUT2D eigenvalue weighted by atomic mass is 35.5. The summed E-state index contributed by atoms with van der Waals surface area (Å²) < 4.78 is 26.7. The van der Waals surface area contributed by atoms with E-state index in [1.54, 1.807) is 17.6 Å². The van der Waals surface area contributed by atoms with E-state index in [1.165, 1.54) is 23.5 Å². The molecule has 0 aliphatic rings. The Labute approximate surface area is 176 Å². The Morgan fingerprint density at radius 3 is 2.52 bits per heavy atom. The van der Waals surface area contributed by atoms with Gasteiger partial charge in [0.1, 0.15) is 4.88 Å². The number of benzene rings is 1. The van der Waals surface area contributed by atoms with E-state index in [-0.39, 0.29) is 54.1 Å². The van der Waals surface area contributed by atoms with Gasteiger partial charge in [-0.3, -0.25) is 4.79 Å². The first-order valence-electron chi connectivity index (χ1n) is 7.70. The van der Waals surface area contributed by atoms with Crippen molar-refractivity contribution >= 4 is 57.8 Å². The first kappa shape index (κ1) is 25.8. The summed E-state index contributed by atoms with van der Waals surface area (Å²) in [4.78, 5) is 17.4. The Morgan fingerprint density at radius 2 is 1.93 bits per heavy atom. The maximum absolute atomic E-state index is 12.6. The van der Waals surface area contributed by atoms with Crippen molar-refractivity contribution in [3.63, 3.8) is 0 Å². The van der Waals surface area contributed by atoms with Crippen LogP contribution in [0.25, 0.3) is 0 Å². The van der Waals surface area contributed by atoms with Crippen LogP contribution in [0.15, 0.2) is 34.7 Å². The molecule has 1 amide bonds. The number of halogens is 2. The van der Waals surface area contributed by atoms with Gasteiger partial charge in [-0.15, -0.1) is 36.2 Å². The van der Waals surface area contributed by atoms with Gasteiger partial charge in [0.25, 0.3) is 5.91 Å². The number of nitrogens with one attached hydrogen (secondary N) is 2. The van der Waals surface area contributed by atoms with Crippen molar-refractivity contribution in [2.45, 2.75) is 31.1 Å². The molecule has 0 aliphatic heterocycles. The minimum Gasteiger partial charge on any atom is -0.329 e. The largest absolute Gasteiger partial charge is 0.329 e. The SMILES string of the molecule is CC(C)(C)c1ncsc1C(=O)Nc1cccc(S(=O)(=O)NCCN)c1.Cl.Cl. The Morgan fingerprint density at radius 1 is 1.26 bits per heavy atom. The summed E-state index contributed by atoms with van der Waals surface area (Å²) in [6.07, 6.45) is 0. The number of nitrogens with zero attached hydrogens (tertiary/aromatic N) is 1. The third-order valence-corrected chi connectivity index (χ3v) is 5.61. The lowest BCUT2D eigenvalue weighted by Crippen LogP contribution is -2.29. The van der Waals surface area contributed by atoms with Gasteiger partial charge in [0.05, 0.1) is 16.1 Å². The molecule has 1 aromatic carbocycles. The second-order valence-electron chi connectivity index (χ2n) is 6.45. The topological polar surface area (TPSA) is 114 Å². The number of sulfonamides is 1. The van der Waals surface area contributed by atoms with Gasteiger partial charge in [0.2, 0.25) is 10.0 Å². The zero-order valence-corrected chi connectivity index (χ0v) is 18.4. The van der Waals surface area contributed by atoms with Gasteiger partial charge in [-0.25, -0.2) is 18.1 Å². The van der Waals surface area contributed by atoms with Crippen molar-refractivity contribution in [3.8, 4) is 0 Å². The number of hydrogen-bond donors (Lipinski definition) is 3. The number of carbonyl (C=O) groups excluding carboxylic acids is 1. The summed E-state index contributed by atoms with van der Waals surface area (Å²) in [5, 5.41) is 2.74. The predicted octanol–water partition coefficient (Wildman–Crippen LogP) is 2.77. The molecule has 0 saturated heterocycles. The van der Waals surface area contributed by atoms with E-state index in [9.17, 15) is 13.2 Å². The van der Waals surface area contributed by atoms with Crippen LogP contribution in [0.1, 0.15) is 36.1 Å². The van der Waals surface area contributed by atoms with Crippen LogP contribution in [0.3, 0.4) is 0 Å². The quantitative estimate of drug-likeness (QED) is 0.620. The molecule has 0 spiro atoms. The van der Waals surface area contributed by atoms with Gasteiger partial charge in [0.15, 0.2) is 0 Å². The molecule has 0 radical (unpaired) electrons. The molecule has 1 heterocycles. The van der Waals surface area contributed by atoms with Crippen LogP contribution < -0.4 is 15.8 Å². The number of amides is 1. The predicted molar refractivity (Wildman–Crippen MR) is 114 cm³/mol. The van der Waals surface area contributed by atoms with Crippen LogP contribution in [0.5, 0.6) is 0 Å². The van der Waals surface area contributed by atoms with Crippen LogP contribution in [0.4, 0.5) is 5.69 Å². The van der Waals surface area contributed by atoms with Gasteiger partial charge >= 0.3 is 0 Å². The minimum absolute atomic E-state index is 0. The van der Waals surface area contributed by atoms with Crippen molar-refractivity contribution in [3.05, 3.63) is 40.3 Å². The number of nitrogens with two attached hydrogens (primary N) is 1. The molecule has 0 saturated carbocycles. The Hall–Kier alpha value is -1.23. The number of thiazole rings is 1. The van der Waals surface area contributed by atoms with E-state index in [2.05, 4.69) is 15.0 Å². The molecule has 0 bridgehead atoms. The zero-order valence-electron chi connectivity index (χ0n) is 15.2. The van der Waals surface area contributed by atoms with Crippen molar-refractivity contribution in [2.24, 2.45) is 5.73 Å². The summed E-state index contributed by atoms with van der Waals surface area (Å²) in [6, 6.07) is 6.08. The molecule has 152 valence electrons. The lowest BCUT2D eigenvalue weighted by molar-refractivity contribution is 0.102. The second kappa shape index (κ2) is 10.4. The molecule has 0 fully saturated rings. The summed E-state index contributed by atoms with van der Waals surface area (Å²) in [5.74, 6) is -0.308. The Kier molecular flexibility index (Phi) is 9.88. The maximum atomic E-state index is 12.6. The molecule has 27 heavy (non-hydrogen) atoms. The summed E-state index contributed by atoms with van der Waals surface area (Å²) in [6.45, 7) is 6.30. The molecule has 4 N–H and O–H groups in total. The van der Waals surface area contributed by atoms with E-state index in [4.69, 9.17) is 5.73 Å². The van der Waals surface area contributed by atoms with E-state index in [1.807, 2.05) is 20.8 Å². The number of hydrogen-bond acceptors (Lipinski definition) is 6. The highest BCUT2D eigenvalue weighted by molar-refractivity contribution is 7.89. The number of aromatic nitrogens is 1. The Balaban J connectivity index is 0.00000338. The van der Waals surface area contributed by atoms with E-state index in [0.29, 0.717) is 16.3 Å². The Bertz CT molecular complexity index is 865. The molecule has 2 aromatic rings. The van der Waals surface area contributed by atoms with Gasteiger partial charge in [-0.2, -0.15) is 0 Å². The molecule has 11 heteroatoms. The number of anilines is 1. The van der Waals surface area contributed by atoms with Crippen LogP contribution in [0, 0.1) is 0 Å². The molecular weight excluding hydrogens is 431 g/mol. The third-order valence-electron chi connectivity index (χ3n) is 3.32. The van der Waals surface area contributed by atoms with Gasteiger partial charge in [-0.1, -0.05) is 26.8 Å². The van der Waals surface area contributed by atoms with Crippen LogP contribution in [0.2, 0.25) is 0 Å². The normalized spacial score (nSPS) is 11.3. The van der Waals surface area contributed by atoms with Crippen LogP contribution >= 0.6 is 36.2 Å². The molecule has 2 rings (SSSR count). The molecule has 1 aromatic heterocycles. The van der Waals surface area contributed by atoms with Gasteiger partial charge < -0.3 is 11.1 Å².